The van der Waals surface area contributed by atoms with Crippen LogP contribution in [0.15, 0.2) is 0 Å². The molecule has 1 atom stereocenters. The first-order chi connectivity index (χ1) is 4.17. The Morgan fingerprint density at radius 2 is 2.33 bits per heavy atom. The molecule has 0 saturated carbocycles. The molecule has 0 aromatic heterocycles. The highest BCUT2D eigenvalue weighted by Gasteiger charge is 2.34. The lowest BCUT2D eigenvalue weighted by Crippen LogP contribution is -2.27. The number of ether oxygens (including phenoxy) is 1. The molecule has 2 nitrogen and oxygen atoms in total. The summed E-state index contributed by atoms with van der Waals surface area (Å²) in [5.74, 6) is 0. The molecule has 0 amide bonds. The van der Waals surface area contributed by atoms with Crippen molar-refractivity contribution in [3.05, 3.63) is 0 Å². The molecule has 2 heteroatoms. The van der Waals surface area contributed by atoms with Gasteiger partial charge in [-0.3, -0.25) is 0 Å². The maximum Gasteiger partial charge on any atom is 0.0857 e. The van der Waals surface area contributed by atoms with Gasteiger partial charge in [0.15, 0.2) is 0 Å². The van der Waals surface area contributed by atoms with E-state index in [0.29, 0.717) is 0 Å². The van der Waals surface area contributed by atoms with Crippen molar-refractivity contribution >= 4 is 0 Å². The summed E-state index contributed by atoms with van der Waals surface area (Å²) in [6.07, 6.45) is 1.13. The van der Waals surface area contributed by atoms with Crippen LogP contribution in [0.3, 0.4) is 0 Å². The first-order valence-corrected chi connectivity index (χ1v) is 3.39. The minimum Gasteiger partial charge on any atom is -0.394 e. The average molecular weight is 130 g/mol. The number of rotatable bonds is 1. The molecule has 0 aromatic rings. The van der Waals surface area contributed by atoms with Crippen LogP contribution < -0.4 is 0 Å². The van der Waals surface area contributed by atoms with E-state index in [1.54, 1.807) is 0 Å². The van der Waals surface area contributed by atoms with Gasteiger partial charge in [-0.2, -0.15) is 0 Å². The highest BCUT2D eigenvalue weighted by molar-refractivity contribution is 4.83. The Kier molecular flexibility index (Phi) is 1.78. The minimum atomic E-state index is 0.0671. The second kappa shape index (κ2) is 2.27. The lowest BCUT2D eigenvalue weighted by molar-refractivity contribution is 0.0166. The van der Waals surface area contributed by atoms with E-state index in [0.717, 1.165) is 13.0 Å². The maximum atomic E-state index is 8.78. The Morgan fingerprint density at radius 3 is 2.56 bits per heavy atom. The number of aliphatic hydroxyl groups excluding tert-OH is 1. The predicted octanol–water partition coefficient (Wildman–Crippen LogP) is 0.794. The maximum absolute atomic E-state index is 8.78. The molecule has 0 unspecified atom stereocenters. The summed E-state index contributed by atoms with van der Waals surface area (Å²) in [7, 11) is 0. The highest BCUT2D eigenvalue weighted by Crippen LogP contribution is 2.32. The van der Waals surface area contributed by atoms with Crippen molar-refractivity contribution < 1.29 is 9.84 Å². The van der Waals surface area contributed by atoms with Gasteiger partial charge in [-0.1, -0.05) is 13.8 Å². The fourth-order valence-electron chi connectivity index (χ4n) is 1.15. The SMILES string of the molecule is CC1(C)CCO[C@H]1CO. The molecule has 1 fully saturated rings. The second-order valence-electron chi connectivity index (χ2n) is 3.28. The minimum absolute atomic E-state index is 0.0671. The molecule has 0 bridgehead atoms. The third-order valence-corrected chi connectivity index (χ3v) is 2.10. The smallest absolute Gasteiger partial charge is 0.0857 e. The molecule has 1 heterocycles. The molecular formula is C7H14O2. The van der Waals surface area contributed by atoms with Gasteiger partial charge in [-0.15, -0.1) is 0 Å². The second-order valence-corrected chi connectivity index (χ2v) is 3.28. The molecule has 54 valence electrons. The lowest BCUT2D eigenvalue weighted by Gasteiger charge is -2.22. The van der Waals surface area contributed by atoms with Crippen LogP contribution in [0.1, 0.15) is 20.3 Å². The molecule has 0 aliphatic carbocycles. The monoisotopic (exact) mass is 130 g/mol. The first kappa shape index (κ1) is 7.03. The summed E-state index contributed by atoms with van der Waals surface area (Å²) in [4.78, 5) is 0. The average Bonchev–Trinajstić information content (AvgIpc) is 2.08. The molecule has 0 spiro atoms. The van der Waals surface area contributed by atoms with Gasteiger partial charge in [-0.05, 0) is 11.8 Å². The fourth-order valence-corrected chi connectivity index (χ4v) is 1.15. The van der Waals surface area contributed by atoms with Crippen molar-refractivity contribution in [2.24, 2.45) is 5.41 Å². The number of hydrogen-bond donors (Lipinski definition) is 1. The quantitative estimate of drug-likeness (QED) is 0.568. The third kappa shape index (κ3) is 1.25. The van der Waals surface area contributed by atoms with Crippen molar-refractivity contribution in [2.75, 3.05) is 13.2 Å². The van der Waals surface area contributed by atoms with E-state index in [2.05, 4.69) is 13.8 Å². The zero-order valence-corrected chi connectivity index (χ0v) is 6.05. The predicted molar refractivity (Wildman–Crippen MR) is 35.2 cm³/mol. The molecule has 1 N–H and O–H groups in total. The zero-order valence-electron chi connectivity index (χ0n) is 6.05. The van der Waals surface area contributed by atoms with Gasteiger partial charge >= 0.3 is 0 Å². The van der Waals surface area contributed by atoms with Crippen LogP contribution in [0.2, 0.25) is 0 Å². The fraction of sp³-hybridized carbons (Fsp3) is 1.00. The van der Waals surface area contributed by atoms with Crippen LogP contribution in [0.5, 0.6) is 0 Å². The summed E-state index contributed by atoms with van der Waals surface area (Å²) in [6.45, 7) is 5.22. The Hall–Kier alpha value is -0.0800. The zero-order chi connectivity index (χ0) is 6.91. The largest absolute Gasteiger partial charge is 0.394 e. The van der Waals surface area contributed by atoms with Crippen molar-refractivity contribution in [2.45, 2.75) is 26.4 Å². The van der Waals surface area contributed by atoms with E-state index in [1.165, 1.54) is 0 Å². The van der Waals surface area contributed by atoms with Crippen LogP contribution in [0, 0.1) is 5.41 Å². The molecule has 1 saturated heterocycles. The number of aliphatic hydroxyl groups is 1. The van der Waals surface area contributed by atoms with E-state index in [4.69, 9.17) is 9.84 Å². The van der Waals surface area contributed by atoms with Gasteiger partial charge in [0, 0.05) is 6.61 Å². The Morgan fingerprint density at radius 1 is 1.67 bits per heavy atom. The summed E-state index contributed by atoms with van der Waals surface area (Å²) in [5.41, 5.74) is 0.189. The molecule has 1 rings (SSSR count). The Labute approximate surface area is 55.8 Å². The molecule has 1 aliphatic rings. The van der Waals surface area contributed by atoms with E-state index >= 15 is 0 Å². The van der Waals surface area contributed by atoms with E-state index in [-0.39, 0.29) is 18.1 Å². The van der Waals surface area contributed by atoms with Crippen molar-refractivity contribution in [3.63, 3.8) is 0 Å². The Balaban J connectivity index is 2.52. The van der Waals surface area contributed by atoms with Crippen LogP contribution in [0.25, 0.3) is 0 Å². The van der Waals surface area contributed by atoms with Crippen LogP contribution in [0.4, 0.5) is 0 Å². The van der Waals surface area contributed by atoms with Gasteiger partial charge in [0.25, 0.3) is 0 Å². The summed E-state index contributed by atoms with van der Waals surface area (Å²) >= 11 is 0. The number of hydrogen-bond acceptors (Lipinski definition) is 2. The van der Waals surface area contributed by atoms with E-state index in [9.17, 15) is 0 Å². The molecule has 0 aromatic carbocycles. The summed E-state index contributed by atoms with van der Waals surface area (Å²) in [5, 5.41) is 8.78. The molecular weight excluding hydrogens is 116 g/mol. The van der Waals surface area contributed by atoms with Gasteiger partial charge in [0.05, 0.1) is 12.7 Å². The van der Waals surface area contributed by atoms with Gasteiger partial charge in [0.2, 0.25) is 0 Å². The highest BCUT2D eigenvalue weighted by atomic mass is 16.5. The summed E-state index contributed by atoms with van der Waals surface area (Å²) in [6, 6.07) is 0. The molecule has 1 aliphatic heterocycles. The third-order valence-electron chi connectivity index (χ3n) is 2.10. The summed E-state index contributed by atoms with van der Waals surface area (Å²) < 4.78 is 5.27. The van der Waals surface area contributed by atoms with Crippen molar-refractivity contribution in [1.82, 2.24) is 0 Å². The van der Waals surface area contributed by atoms with Gasteiger partial charge in [0.1, 0.15) is 0 Å². The van der Waals surface area contributed by atoms with Crippen LogP contribution >= 0.6 is 0 Å². The van der Waals surface area contributed by atoms with E-state index < -0.39 is 0 Å². The topological polar surface area (TPSA) is 29.5 Å². The van der Waals surface area contributed by atoms with Crippen molar-refractivity contribution in [3.8, 4) is 0 Å². The lowest BCUT2D eigenvalue weighted by atomic mass is 9.86. The van der Waals surface area contributed by atoms with Gasteiger partial charge < -0.3 is 9.84 Å². The normalized spacial score (nSPS) is 33.0. The molecule has 0 radical (unpaired) electrons. The van der Waals surface area contributed by atoms with E-state index in [1.807, 2.05) is 0 Å². The molecule has 9 heavy (non-hydrogen) atoms. The first-order valence-electron chi connectivity index (χ1n) is 3.39. The van der Waals surface area contributed by atoms with Gasteiger partial charge in [-0.25, -0.2) is 0 Å². The Bertz CT molecular complexity index is 99.1. The van der Waals surface area contributed by atoms with Crippen LogP contribution in [-0.4, -0.2) is 24.4 Å². The van der Waals surface area contributed by atoms with Crippen molar-refractivity contribution in [1.29, 1.82) is 0 Å². The van der Waals surface area contributed by atoms with Crippen LogP contribution in [-0.2, 0) is 4.74 Å². The standard InChI is InChI=1S/C7H14O2/c1-7(2)3-4-9-6(7)5-8/h6,8H,3-5H2,1-2H3/t6-/m0/s1.